The molecule has 0 fully saturated rings. The van der Waals surface area contributed by atoms with Crippen molar-refractivity contribution in [1.82, 2.24) is 0 Å². The van der Waals surface area contributed by atoms with Gasteiger partial charge in [-0.3, -0.25) is 0 Å². The summed E-state index contributed by atoms with van der Waals surface area (Å²) >= 11 is 3.55. The van der Waals surface area contributed by atoms with Gasteiger partial charge in [-0.2, -0.15) is 0 Å². The van der Waals surface area contributed by atoms with Crippen LogP contribution in [0.3, 0.4) is 0 Å². The van der Waals surface area contributed by atoms with Crippen molar-refractivity contribution in [2.45, 2.75) is 39.7 Å². The Balaban J connectivity index is 2.40. The minimum atomic E-state index is -0.582. The molecule has 0 spiro atoms. The van der Waals surface area contributed by atoms with Gasteiger partial charge in [-0.05, 0) is 53.6 Å². The van der Waals surface area contributed by atoms with E-state index in [4.69, 9.17) is 0 Å². The molecule has 0 aromatic heterocycles. The molecule has 0 aliphatic heterocycles. The van der Waals surface area contributed by atoms with Gasteiger partial charge in [-0.25, -0.2) is 0 Å². The number of hydrogen-bond acceptors (Lipinski definition) is 1. The van der Waals surface area contributed by atoms with Gasteiger partial charge in [0.25, 0.3) is 0 Å². The standard InChI is InChI=1S/C18H21BrO/c1-4-13-7-8-15(11-14(13)5-2)18(20)16-9-6-12(3)10-17(16)19/h6-11,18,20H,4-5H2,1-3H3. The number of hydrogen-bond donors (Lipinski definition) is 1. The predicted molar refractivity (Wildman–Crippen MR) is 88.1 cm³/mol. The molecule has 0 radical (unpaired) electrons. The Hall–Kier alpha value is -1.12. The smallest absolute Gasteiger partial charge is 0.105 e. The summed E-state index contributed by atoms with van der Waals surface area (Å²) in [7, 11) is 0. The summed E-state index contributed by atoms with van der Waals surface area (Å²) in [4.78, 5) is 0. The monoisotopic (exact) mass is 332 g/mol. The van der Waals surface area contributed by atoms with Crippen LogP contribution in [-0.4, -0.2) is 5.11 Å². The number of benzene rings is 2. The maximum Gasteiger partial charge on any atom is 0.105 e. The van der Waals surface area contributed by atoms with Crippen molar-refractivity contribution in [3.8, 4) is 0 Å². The Morgan fingerprint density at radius 1 is 1.00 bits per heavy atom. The summed E-state index contributed by atoms with van der Waals surface area (Å²) in [6.45, 7) is 6.37. The molecule has 2 aromatic rings. The number of halogens is 1. The van der Waals surface area contributed by atoms with Crippen LogP contribution in [0.5, 0.6) is 0 Å². The molecule has 1 nitrogen and oxygen atoms in total. The zero-order chi connectivity index (χ0) is 14.7. The van der Waals surface area contributed by atoms with Crippen molar-refractivity contribution < 1.29 is 5.11 Å². The third kappa shape index (κ3) is 3.13. The largest absolute Gasteiger partial charge is 0.384 e. The first-order valence-electron chi connectivity index (χ1n) is 7.12. The van der Waals surface area contributed by atoms with E-state index in [9.17, 15) is 5.11 Å². The van der Waals surface area contributed by atoms with Gasteiger partial charge in [0.05, 0.1) is 0 Å². The van der Waals surface area contributed by atoms with E-state index in [-0.39, 0.29) is 0 Å². The number of rotatable bonds is 4. The van der Waals surface area contributed by atoms with Crippen molar-refractivity contribution in [2.75, 3.05) is 0 Å². The maximum atomic E-state index is 10.6. The second kappa shape index (κ2) is 6.55. The quantitative estimate of drug-likeness (QED) is 0.838. The summed E-state index contributed by atoms with van der Waals surface area (Å²) in [6.07, 6.45) is 1.45. The molecule has 1 unspecified atom stereocenters. The molecule has 0 heterocycles. The highest BCUT2D eigenvalue weighted by Crippen LogP contribution is 2.30. The Morgan fingerprint density at radius 2 is 1.70 bits per heavy atom. The van der Waals surface area contributed by atoms with E-state index in [1.807, 2.05) is 31.2 Å². The third-order valence-corrected chi connectivity index (χ3v) is 4.45. The second-order valence-corrected chi connectivity index (χ2v) is 6.02. The van der Waals surface area contributed by atoms with Crippen LogP contribution in [-0.2, 0) is 12.8 Å². The highest BCUT2D eigenvalue weighted by Gasteiger charge is 2.14. The second-order valence-electron chi connectivity index (χ2n) is 5.16. The average molecular weight is 333 g/mol. The molecule has 2 heteroatoms. The maximum absolute atomic E-state index is 10.6. The molecule has 20 heavy (non-hydrogen) atoms. The van der Waals surface area contributed by atoms with Crippen LogP contribution < -0.4 is 0 Å². The van der Waals surface area contributed by atoms with Crippen LogP contribution in [0.2, 0.25) is 0 Å². The summed E-state index contributed by atoms with van der Waals surface area (Å²) in [5, 5.41) is 10.6. The molecule has 0 aliphatic rings. The zero-order valence-electron chi connectivity index (χ0n) is 12.3. The number of aliphatic hydroxyl groups is 1. The van der Waals surface area contributed by atoms with Gasteiger partial charge in [0, 0.05) is 4.47 Å². The SMILES string of the molecule is CCc1ccc(C(O)c2ccc(C)cc2Br)cc1CC. The van der Waals surface area contributed by atoms with Crippen molar-refractivity contribution in [3.63, 3.8) is 0 Å². The average Bonchev–Trinajstić information content (AvgIpc) is 2.45. The molecule has 0 aliphatic carbocycles. The van der Waals surface area contributed by atoms with Crippen LogP contribution in [0, 0.1) is 6.92 Å². The molecule has 0 saturated heterocycles. The number of aryl methyl sites for hydroxylation is 3. The first-order chi connectivity index (χ1) is 9.56. The topological polar surface area (TPSA) is 20.2 Å². The summed E-state index contributed by atoms with van der Waals surface area (Å²) in [5.41, 5.74) is 5.76. The highest BCUT2D eigenvalue weighted by molar-refractivity contribution is 9.10. The van der Waals surface area contributed by atoms with Gasteiger partial charge in [-0.1, -0.05) is 60.1 Å². The molecule has 0 bridgehead atoms. The van der Waals surface area contributed by atoms with Gasteiger partial charge in [0.15, 0.2) is 0 Å². The molecule has 1 N–H and O–H groups in total. The highest BCUT2D eigenvalue weighted by atomic mass is 79.9. The first-order valence-corrected chi connectivity index (χ1v) is 7.91. The Morgan fingerprint density at radius 3 is 2.30 bits per heavy atom. The van der Waals surface area contributed by atoms with E-state index in [1.165, 1.54) is 16.7 Å². The first kappa shape index (κ1) is 15.3. The molecule has 0 amide bonds. The summed E-state index contributed by atoms with van der Waals surface area (Å²) in [6, 6.07) is 12.4. The van der Waals surface area contributed by atoms with E-state index in [0.717, 1.165) is 28.4 Å². The van der Waals surface area contributed by atoms with Crippen LogP contribution in [0.1, 0.15) is 47.8 Å². The Labute approximate surface area is 129 Å². The van der Waals surface area contributed by atoms with E-state index in [1.54, 1.807) is 0 Å². The fourth-order valence-corrected chi connectivity index (χ4v) is 3.23. The predicted octanol–water partition coefficient (Wildman–Crippen LogP) is 4.96. The van der Waals surface area contributed by atoms with Crippen molar-refractivity contribution in [1.29, 1.82) is 0 Å². The van der Waals surface area contributed by atoms with E-state index < -0.39 is 6.10 Å². The lowest BCUT2D eigenvalue weighted by Gasteiger charge is -2.16. The molecule has 1 atom stereocenters. The van der Waals surface area contributed by atoms with E-state index >= 15 is 0 Å². The summed E-state index contributed by atoms with van der Waals surface area (Å²) in [5.74, 6) is 0. The van der Waals surface area contributed by atoms with Crippen LogP contribution >= 0.6 is 15.9 Å². The normalized spacial score (nSPS) is 12.4. The van der Waals surface area contributed by atoms with Crippen LogP contribution in [0.4, 0.5) is 0 Å². The van der Waals surface area contributed by atoms with Crippen LogP contribution in [0.25, 0.3) is 0 Å². The lowest BCUT2D eigenvalue weighted by molar-refractivity contribution is 0.219. The van der Waals surface area contributed by atoms with Crippen LogP contribution in [0.15, 0.2) is 40.9 Å². The Kier molecular flexibility index (Phi) is 5.00. The molecular formula is C18H21BrO. The van der Waals surface area contributed by atoms with Crippen molar-refractivity contribution in [3.05, 3.63) is 68.7 Å². The number of aliphatic hydroxyl groups excluding tert-OH is 1. The van der Waals surface area contributed by atoms with Gasteiger partial charge in [-0.15, -0.1) is 0 Å². The van der Waals surface area contributed by atoms with E-state index in [0.29, 0.717) is 0 Å². The van der Waals surface area contributed by atoms with E-state index in [2.05, 4.69) is 41.9 Å². The molecule has 0 saturated carbocycles. The molecule has 2 rings (SSSR count). The Bertz CT molecular complexity index is 604. The van der Waals surface area contributed by atoms with Gasteiger partial charge < -0.3 is 5.11 Å². The van der Waals surface area contributed by atoms with Gasteiger partial charge >= 0.3 is 0 Å². The minimum absolute atomic E-state index is 0.582. The van der Waals surface area contributed by atoms with Crippen molar-refractivity contribution in [2.24, 2.45) is 0 Å². The zero-order valence-corrected chi connectivity index (χ0v) is 13.9. The fourth-order valence-electron chi connectivity index (χ4n) is 2.52. The summed E-state index contributed by atoms with van der Waals surface area (Å²) < 4.78 is 0.961. The fraction of sp³-hybridized carbons (Fsp3) is 0.333. The lowest BCUT2D eigenvalue weighted by Crippen LogP contribution is -2.03. The molecular weight excluding hydrogens is 312 g/mol. The van der Waals surface area contributed by atoms with Gasteiger partial charge in [0.1, 0.15) is 6.10 Å². The van der Waals surface area contributed by atoms with Gasteiger partial charge in [0.2, 0.25) is 0 Å². The van der Waals surface area contributed by atoms with Crippen molar-refractivity contribution >= 4 is 15.9 Å². The molecule has 2 aromatic carbocycles. The minimum Gasteiger partial charge on any atom is -0.384 e. The lowest BCUT2D eigenvalue weighted by atomic mass is 9.94. The third-order valence-electron chi connectivity index (χ3n) is 3.76. The molecule has 106 valence electrons.